The van der Waals surface area contributed by atoms with E-state index in [4.69, 9.17) is 14.2 Å². The highest BCUT2D eigenvalue weighted by Gasteiger charge is 2.26. The van der Waals surface area contributed by atoms with Crippen molar-refractivity contribution in [3.63, 3.8) is 0 Å². The van der Waals surface area contributed by atoms with Crippen molar-refractivity contribution in [2.24, 2.45) is 0 Å². The third kappa shape index (κ3) is 2.31. The maximum atomic E-state index is 5.66. The summed E-state index contributed by atoms with van der Waals surface area (Å²) in [6.07, 6.45) is 1.03. The van der Waals surface area contributed by atoms with Crippen molar-refractivity contribution in [3.05, 3.63) is 17.2 Å². The Morgan fingerprint density at radius 3 is 2.70 bits per heavy atom. The van der Waals surface area contributed by atoms with Gasteiger partial charge in [0.1, 0.15) is 0 Å². The van der Waals surface area contributed by atoms with Crippen molar-refractivity contribution in [2.45, 2.75) is 13.0 Å². The highest BCUT2D eigenvalue weighted by atomic mass is 16.5. The molecular formula is C15H22N2O3. The molecule has 0 amide bonds. The molecule has 1 fully saturated rings. The zero-order valence-electron chi connectivity index (χ0n) is 12.2. The topological polar surface area (TPSA) is 43.0 Å². The van der Waals surface area contributed by atoms with E-state index < -0.39 is 0 Å². The molecule has 1 aromatic rings. The summed E-state index contributed by atoms with van der Waals surface area (Å²) in [4.78, 5) is 2.37. The molecular weight excluding hydrogens is 256 g/mol. The average molecular weight is 278 g/mol. The fourth-order valence-corrected chi connectivity index (χ4v) is 3.06. The summed E-state index contributed by atoms with van der Waals surface area (Å²) in [5.74, 6) is 1.67. The van der Waals surface area contributed by atoms with E-state index in [1.165, 1.54) is 16.8 Å². The van der Waals surface area contributed by atoms with E-state index >= 15 is 0 Å². The highest BCUT2D eigenvalue weighted by molar-refractivity contribution is 5.72. The normalized spacial score (nSPS) is 18.6. The summed E-state index contributed by atoms with van der Waals surface area (Å²) in [5.41, 5.74) is 3.91. The molecule has 1 aromatic carbocycles. The quantitative estimate of drug-likeness (QED) is 0.899. The molecule has 3 rings (SSSR count). The first-order valence-corrected chi connectivity index (χ1v) is 7.15. The summed E-state index contributed by atoms with van der Waals surface area (Å²) >= 11 is 0. The lowest BCUT2D eigenvalue weighted by Crippen LogP contribution is -2.38. The lowest BCUT2D eigenvalue weighted by molar-refractivity contribution is 0.122. The Labute approximate surface area is 119 Å². The number of hydrogen-bond donors (Lipinski definition) is 1. The number of nitrogens with one attached hydrogen (secondary N) is 1. The van der Waals surface area contributed by atoms with Crippen molar-refractivity contribution in [1.29, 1.82) is 0 Å². The van der Waals surface area contributed by atoms with Crippen LogP contribution in [0, 0.1) is 0 Å². The molecule has 2 aliphatic rings. The van der Waals surface area contributed by atoms with Crippen molar-refractivity contribution >= 4 is 5.69 Å². The van der Waals surface area contributed by atoms with Crippen molar-refractivity contribution in [2.75, 3.05) is 52.0 Å². The molecule has 20 heavy (non-hydrogen) atoms. The van der Waals surface area contributed by atoms with Crippen LogP contribution in [0.15, 0.2) is 6.07 Å². The zero-order chi connectivity index (χ0) is 13.9. The van der Waals surface area contributed by atoms with Gasteiger partial charge in [-0.2, -0.15) is 0 Å². The Morgan fingerprint density at radius 2 is 2.00 bits per heavy atom. The van der Waals surface area contributed by atoms with Gasteiger partial charge in [-0.3, -0.25) is 0 Å². The summed E-state index contributed by atoms with van der Waals surface area (Å²) in [6, 6.07) is 2.10. The molecule has 0 radical (unpaired) electrons. The number of nitrogens with zero attached hydrogens (tertiary/aromatic N) is 1. The first-order chi connectivity index (χ1) is 9.85. The Kier molecular flexibility index (Phi) is 3.98. The predicted octanol–water partition coefficient (Wildman–Crippen LogP) is 1.19. The van der Waals surface area contributed by atoms with Gasteiger partial charge in [-0.05, 0) is 30.2 Å². The van der Waals surface area contributed by atoms with Crippen LogP contribution < -0.4 is 19.7 Å². The second-order valence-electron chi connectivity index (χ2n) is 5.12. The summed E-state index contributed by atoms with van der Waals surface area (Å²) in [7, 11) is 3.42. The number of fused-ring (bicyclic) bond motifs is 1. The van der Waals surface area contributed by atoms with Gasteiger partial charge in [0.15, 0.2) is 11.5 Å². The molecule has 5 heteroatoms. The standard InChI is InChI=1S/C15H22N2O3/c1-18-13-9-11-10-16-4-3-12(11)14(15(13)19-2)17-5-7-20-8-6-17/h9,16H,3-8,10H2,1-2H3. The van der Waals surface area contributed by atoms with Crippen LogP contribution in [0.1, 0.15) is 11.1 Å². The minimum absolute atomic E-state index is 0.771. The van der Waals surface area contributed by atoms with Crippen LogP contribution >= 0.6 is 0 Å². The van der Waals surface area contributed by atoms with Gasteiger partial charge in [0.25, 0.3) is 0 Å². The number of rotatable bonds is 3. The first-order valence-electron chi connectivity index (χ1n) is 7.15. The van der Waals surface area contributed by atoms with E-state index in [1.807, 2.05) is 0 Å². The lowest BCUT2D eigenvalue weighted by atomic mass is 9.96. The molecule has 1 saturated heterocycles. The first kappa shape index (κ1) is 13.5. The Hall–Kier alpha value is -1.46. The van der Waals surface area contributed by atoms with E-state index in [9.17, 15) is 0 Å². The molecule has 5 nitrogen and oxygen atoms in total. The van der Waals surface area contributed by atoms with Crippen LogP contribution in [-0.2, 0) is 17.7 Å². The van der Waals surface area contributed by atoms with Crippen LogP contribution in [0.25, 0.3) is 0 Å². The molecule has 0 aliphatic carbocycles. The third-order valence-corrected chi connectivity index (χ3v) is 4.04. The lowest BCUT2D eigenvalue weighted by Gasteiger charge is -2.34. The smallest absolute Gasteiger partial charge is 0.184 e. The van der Waals surface area contributed by atoms with Crippen LogP contribution in [0.5, 0.6) is 11.5 Å². The monoisotopic (exact) mass is 278 g/mol. The molecule has 0 atom stereocenters. The van der Waals surface area contributed by atoms with Crippen molar-refractivity contribution in [3.8, 4) is 11.5 Å². The van der Waals surface area contributed by atoms with Gasteiger partial charge in [0.2, 0.25) is 0 Å². The van der Waals surface area contributed by atoms with Gasteiger partial charge < -0.3 is 24.4 Å². The average Bonchev–Trinajstić information content (AvgIpc) is 2.53. The van der Waals surface area contributed by atoms with Crippen LogP contribution in [0.4, 0.5) is 5.69 Å². The molecule has 2 aliphatic heterocycles. The molecule has 0 bridgehead atoms. The van der Waals surface area contributed by atoms with Gasteiger partial charge in [0.05, 0.1) is 33.1 Å². The van der Waals surface area contributed by atoms with E-state index in [0.29, 0.717) is 0 Å². The molecule has 1 N–H and O–H groups in total. The van der Waals surface area contributed by atoms with Gasteiger partial charge in [-0.15, -0.1) is 0 Å². The van der Waals surface area contributed by atoms with Crippen LogP contribution in [0.3, 0.4) is 0 Å². The van der Waals surface area contributed by atoms with E-state index in [0.717, 1.165) is 57.3 Å². The molecule has 0 spiro atoms. The molecule has 110 valence electrons. The fourth-order valence-electron chi connectivity index (χ4n) is 3.06. The molecule has 0 aromatic heterocycles. The van der Waals surface area contributed by atoms with Crippen LogP contribution in [-0.4, -0.2) is 47.1 Å². The van der Waals surface area contributed by atoms with E-state index in [1.54, 1.807) is 14.2 Å². The number of benzene rings is 1. The minimum atomic E-state index is 0.771. The highest BCUT2D eigenvalue weighted by Crippen LogP contribution is 2.43. The van der Waals surface area contributed by atoms with Gasteiger partial charge in [-0.1, -0.05) is 0 Å². The number of morpholine rings is 1. The van der Waals surface area contributed by atoms with Crippen molar-refractivity contribution in [1.82, 2.24) is 5.32 Å². The largest absolute Gasteiger partial charge is 0.493 e. The van der Waals surface area contributed by atoms with Gasteiger partial charge >= 0.3 is 0 Å². The molecule has 0 unspecified atom stereocenters. The number of hydrogen-bond acceptors (Lipinski definition) is 5. The van der Waals surface area contributed by atoms with Crippen LogP contribution in [0.2, 0.25) is 0 Å². The zero-order valence-corrected chi connectivity index (χ0v) is 12.2. The van der Waals surface area contributed by atoms with E-state index in [-0.39, 0.29) is 0 Å². The number of ether oxygens (including phenoxy) is 3. The second kappa shape index (κ2) is 5.89. The predicted molar refractivity (Wildman–Crippen MR) is 78.0 cm³/mol. The maximum Gasteiger partial charge on any atom is 0.184 e. The maximum absolute atomic E-state index is 5.66. The number of anilines is 1. The fraction of sp³-hybridized carbons (Fsp3) is 0.600. The Bertz CT molecular complexity index is 470. The SMILES string of the molecule is COc1cc2c(c(N3CCOCC3)c1OC)CCNC2. The second-order valence-corrected chi connectivity index (χ2v) is 5.12. The van der Waals surface area contributed by atoms with Gasteiger partial charge in [-0.25, -0.2) is 0 Å². The van der Waals surface area contributed by atoms with Gasteiger partial charge in [0, 0.05) is 19.6 Å². The Balaban J connectivity index is 2.11. The summed E-state index contributed by atoms with van der Waals surface area (Å²) in [5, 5.41) is 3.42. The number of methoxy groups -OCH3 is 2. The summed E-state index contributed by atoms with van der Waals surface area (Å²) < 4.78 is 16.7. The minimum Gasteiger partial charge on any atom is -0.493 e. The molecule has 2 heterocycles. The molecule has 0 saturated carbocycles. The van der Waals surface area contributed by atoms with E-state index in [2.05, 4.69) is 16.3 Å². The van der Waals surface area contributed by atoms with Crippen molar-refractivity contribution < 1.29 is 14.2 Å². The summed E-state index contributed by atoms with van der Waals surface area (Å²) in [6.45, 7) is 5.26. The third-order valence-electron chi connectivity index (χ3n) is 4.04. The Morgan fingerprint density at radius 1 is 1.20 bits per heavy atom.